The Kier molecular flexibility index (Phi) is 8.75. The monoisotopic (exact) mass is 422 g/mol. The van der Waals surface area contributed by atoms with Gasteiger partial charge in [-0.05, 0) is 64.6 Å². The number of carbonyl (C=O) groups is 1. The van der Waals surface area contributed by atoms with Crippen molar-refractivity contribution in [2.24, 2.45) is 0 Å². The molecule has 25 heavy (non-hydrogen) atoms. The van der Waals surface area contributed by atoms with Crippen molar-refractivity contribution >= 4 is 39.9 Å². The number of hydrogen-bond donors (Lipinski definition) is 1. The molecule has 0 spiro atoms. The molecule has 146 valence electrons. The second-order valence-electron chi connectivity index (χ2n) is 8.76. The van der Waals surface area contributed by atoms with Crippen LogP contribution in [0.1, 0.15) is 6.42 Å². The Balaban J connectivity index is 5.64. The van der Waals surface area contributed by atoms with Gasteiger partial charge in [0, 0.05) is 6.42 Å². The first-order valence-corrected chi connectivity index (χ1v) is 20.3. The summed E-state index contributed by atoms with van der Waals surface area (Å²) in [5.74, 6) is 0.153. The van der Waals surface area contributed by atoms with Gasteiger partial charge in [-0.25, -0.2) is 4.79 Å². The third-order valence-electron chi connectivity index (χ3n) is 2.24. The van der Waals surface area contributed by atoms with Crippen molar-refractivity contribution in [3.63, 3.8) is 0 Å². The van der Waals surface area contributed by atoms with Crippen LogP contribution in [0.15, 0.2) is 24.1 Å². The molecule has 0 aliphatic heterocycles. The summed E-state index contributed by atoms with van der Waals surface area (Å²) in [6, 6.07) is 0. The number of allylic oxidation sites excluding steroid dienone is 1. The number of ether oxygens (including phenoxy) is 1. The van der Waals surface area contributed by atoms with E-state index in [4.69, 9.17) is 17.5 Å². The fourth-order valence-electron chi connectivity index (χ4n) is 1.94. The van der Waals surface area contributed by atoms with Gasteiger partial charge in [0.25, 0.3) is 0 Å². The van der Waals surface area contributed by atoms with Gasteiger partial charge in [-0.2, -0.15) is 0 Å². The van der Waals surface area contributed by atoms with Gasteiger partial charge in [0.2, 0.25) is 0 Å². The topological polar surface area (TPSA) is 74.2 Å². The lowest BCUT2D eigenvalue weighted by Crippen LogP contribution is -2.59. The van der Waals surface area contributed by atoms with Crippen molar-refractivity contribution in [2.75, 3.05) is 0 Å². The number of carboxylic acid groups (broad SMARTS) is 1. The average molecular weight is 423 g/mol. The van der Waals surface area contributed by atoms with Crippen LogP contribution in [0.5, 0.6) is 0 Å². The molecule has 0 aliphatic rings. The van der Waals surface area contributed by atoms with Crippen LogP contribution in [0.3, 0.4) is 0 Å². The zero-order valence-corrected chi connectivity index (χ0v) is 21.1. The number of hydrogen-bond acceptors (Lipinski definition) is 5. The Morgan fingerprint density at radius 1 is 0.880 bits per heavy atom. The van der Waals surface area contributed by atoms with Crippen LogP contribution in [0.2, 0.25) is 58.9 Å². The molecular weight excluding hydrogens is 389 g/mol. The zero-order chi connectivity index (χ0) is 20.1. The van der Waals surface area contributed by atoms with E-state index in [1.54, 1.807) is 6.08 Å². The van der Waals surface area contributed by atoms with Crippen molar-refractivity contribution in [2.45, 2.75) is 65.3 Å². The van der Waals surface area contributed by atoms with Crippen LogP contribution in [0.4, 0.5) is 4.79 Å². The van der Waals surface area contributed by atoms with Crippen molar-refractivity contribution in [3.8, 4) is 0 Å². The molecule has 0 fully saturated rings. The highest BCUT2D eigenvalue weighted by Gasteiger charge is 2.48. The summed E-state index contributed by atoms with van der Waals surface area (Å²) in [6.07, 6.45) is 0.690. The number of rotatable bonds is 10. The van der Waals surface area contributed by atoms with E-state index in [1.807, 2.05) is 5.70 Å². The van der Waals surface area contributed by atoms with Gasteiger partial charge in [-0.15, -0.1) is 0 Å². The van der Waals surface area contributed by atoms with Crippen molar-refractivity contribution in [1.82, 2.24) is 0 Å². The highest BCUT2D eigenvalue weighted by molar-refractivity contribution is 6.92. The summed E-state index contributed by atoms with van der Waals surface area (Å²) in [5, 5.41) is 8.65. The molecule has 0 atom stereocenters. The zero-order valence-electron chi connectivity index (χ0n) is 17.1. The largest absolute Gasteiger partial charge is 0.511 e. The molecule has 0 radical (unpaired) electrons. The summed E-state index contributed by atoms with van der Waals surface area (Å²) in [6.45, 7) is 22.6. The van der Waals surface area contributed by atoms with E-state index < -0.39 is 39.9 Å². The highest BCUT2D eigenvalue weighted by Crippen LogP contribution is 2.27. The molecule has 0 aromatic heterocycles. The minimum absolute atomic E-state index is 0.153. The molecule has 0 aromatic rings. The minimum atomic E-state index is -3.05. The predicted octanol–water partition coefficient (Wildman–Crippen LogP) is 5.17. The quantitative estimate of drug-likeness (QED) is 0.297. The standard InChI is InChI=1S/C15H34O6Si4/c1-14(18-15(16)17)12-11-13-25(19-22(2,3)4,20-23(5,6)7)21-24(8,9)10/h11,13H,1,12H2,2-10H3,(H,16,17). The minimum Gasteiger partial charge on any atom is -0.449 e. The molecule has 0 rings (SSSR count). The van der Waals surface area contributed by atoms with Crippen molar-refractivity contribution < 1.29 is 27.0 Å². The van der Waals surface area contributed by atoms with Crippen LogP contribution < -0.4 is 0 Å². The molecule has 6 nitrogen and oxygen atoms in total. The van der Waals surface area contributed by atoms with E-state index in [9.17, 15) is 4.79 Å². The Morgan fingerprint density at radius 2 is 1.24 bits per heavy atom. The maximum atomic E-state index is 10.6. The van der Waals surface area contributed by atoms with E-state index in [2.05, 4.69) is 70.2 Å². The van der Waals surface area contributed by atoms with Gasteiger partial charge in [-0.1, -0.05) is 12.7 Å². The Morgan fingerprint density at radius 3 is 1.52 bits per heavy atom. The molecular formula is C15H34O6Si4. The van der Waals surface area contributed by atoms with Gasteiger partial charge in [-0.3, -0.25) is 0 Å². The first-order valence-electron chi connectivity index (χ1n) is 8.30. The molecule has 0 aromatic carbocycles. The first kappa shape index (κ1) is 24.5. The summed E-state index contributed by atoms with van der Waals surface area (Å²) in [4.78, 5) is 10.6. The molecule has 0 aliphatic carbocycles. The average Bonchev–Trinajstić information content (AvgIpc) is 2.18. The second kappa shape index (κ2) is 8.93. The molecule has 0 heterocycles. The van der Waals surface area contributed by atoms with Gasteiger partial charge >= 0.3 is 15.0 Å². The third kappa shape index (κ3) is 13.4. The lowest BCUT2D eigenvalue weighted by atomic mass is 10.4. The second-order valence-corrected chi connectivity index (χ2v) is 25.4. The maximum Gasteiger partial charge on any atom is 0.511 e. The summed E-state index contributed by atoms with van der Waals surface area (Å²) in [5.41, 5.74) is 1.87. The molecule has 1 N–H and O–H groups in total. The van der Waals surface area contributed by atoms with Crippen molar-refractivity contribution in [1.29, 1.82) is 0 Å². The van der Waals surface area contributed by atoms with Gasteiger partial charge in [0.15, 0.2) is 25.0 Å². The normalized spacial score (nSPS) is 14.0. The molecule has 0 saturated carbocycles. The van der Waals surface area contributed by atoms with E-state index in [1.165, 1.54) is 0 Å². The van der Waals surface area contributed by atoms with E-state index in [0.29, 0.717) is 0 Å². The van der Waals surface area contributed by atoms with Crippen LogP contribution in [0.25, 0.3) is 0 Å². The predicted molar refractivity (Wildman–Crippen MR) is 111 cm³/mol. The van der Waals surface area contributed by atoms with Crippen LogP contribution >= 0.6 is 0 Å². The smallest absolute Gasteiger partial charge is 0.449 e. The highest BCUT2D eigenvalue weighted by atomic mass is 28.5. The van der Waals surface area contributed by atoms with Gasteiger partial charge < -0.3 is 22.2 Å². The summed E-state index contributed by atoms with van der Waals surface area (Å²) < 4.78 is 24.0. The molecule has 0 amide bonds. The SMILES string of the molecule is C=C(CC=C[Si](O[Si](C)(C)C)(O[Si](C)(C)C)O[Si](C)(C)C)OC(=O)O. The lowest BCUT2D eigenvalue weighted by Gasteiger charge is -2.41. The molecule has 0 bridgehead atoms. The van der Waals surface area contributed by atoms with Crippen molar-refractivity contribution in [3.05, 3.63) is 24.1 Å². The summed E-state index contributed by atoms with van der Waals surface area (Å²) in [7, 11) is -8.86. The van der Waals surface area contributed by atoms with Crippen LogP contribution in [-0.4, -0.2) is 45.0 Å². The molecule has 0 saturated heterocycles. The summed E-state index contributed by atoms with van der Waals surface area (Å²) >= 11 is 0. The Bertz CT molecular complexity index is 459. The van der Waals surface area contributed by atoms with E-state index >= 15 is 0 Å². The van der Waals surface area contributed by atoms with Gasteiger partial charge in [0.1, 0.15) is 5.76 Å². The Hall–Kier alpha value is -0.502. The van der Waals surface area contributed by atoms with Gasteiger partial charge in [0.05, 0.1) is 0 Å². The van der Waals surface area contributed by atoms with E-state index in [0.717, 1.165) is 0 Å². The third-order valence-corrected chi connectivity index (χ3v) is 13.7. The molecule has 10 heteroatoms. The Labute approximate surface area is 156 Å². The maximum absolute atomic E-state index is 10.6. The fourth-order valence-corrected chi connectivity index (χ4v) is 15.0. The first-order chi connectivity index (χ1) is 10.9. The van der Waals surface area contributed by atoms with E-state index in [-0.39, 0.29) is 12.2 Å². The van der Waals surface area contributed by atoms with Crippen LogP contribution in [-0.2, 0) is 17.1 Å². The molecule has 0 unspecified atom stereocenters. The lowest BCUT2D eigenvalue weighted by molar-refractivity contribution is 0.118. The van der Waals surface area contributed by atoms with Crippen LogP contribution in [0, 0.1) is 0 Å². The fraction of sp³-hybridized carbons (Fsp3) is 0.667.